The number of aromatic nitrogens is 2. The van der Waals surface area contributed by atoms with Crippen molar-refractivity contribution in [2.24, 2.45) is 5.92 Å². The lowest BCUT2D eigenvalue weighted by Gasteiger charge is -2.04. The molecule has 1 aromatic rings. The summed E-state index contributed by atoms with van der Waals surface area (Å²) in [6, 6.07) is 1.57. The van der Waals surface area contributed by atoms with E-state index in [0.29, 0.717) is 5.92 Å². The van der Waals surface area contributed by atoms with E-state index in [2.05, 4.69) is 23.8 Å². The number of aromatic amines is 1. The van der Waals surface area contributed by atoms with Crippen molar-refractivity contribution in [2.45, 2.75) is 40.0 Å². The first-order valence-corrected chi connectivity index (χ1v) is 5.21. The highest BCUT2D eigenvalue weighted by Crippen LogP contribution is 2.04. The first-order chi connectivity index (χ1) is 6.61. The van der Waals surface area contributed by atoms with Gasteiger partial charge in [0.05, 0.1) is 0 Å². The Kier molecular flexibility index (Phi) is 3.86. The van der Waals surface area contributed by atoms with Gasteiger partial charge in [-0.1, -0.05) is 20.8 Å². The lowest BCUT2D eigenvalue weighted by molar-refractivity contribution is 0.572. The minimum atomic E-state index is -0.0318. The Morgan fingerprint density at radius 2 is 2.21 bits per heavy atom. The van der Waals surface area contributed by atoms with Gasteiger partial charge in [0.2, 0.25) is 0 Å². The molecule has 0 unspecified atom stereocenters. The van der Waals surface area contributed by atoms with Crippen LogP contribution in [0.1, 0.15) is 38.7 Å². The smallest absolute Gasteiger partial charge is 0.251 e. The van der Waals surface area contributed by atoms with Crippen molar-refractivity contribution in [1.29, 1.82) is 0 Å². The predicted octanol–water partition coefficient (Wildman–Crippen LogP) is 1.92. The lowest BCUT2D eigenvalue weighted by Crippen LogP contribution is -2.13. The highest BCUT2D eigenvalue weighted by Gasteiger charge is 2.01. The van der Waals surface area contributed by atoms with Gasteiger partial charge in [-0.05, 0) is 18.8 Å². The molecular formula is C11H18N2O. The molecule has 1 heterocycles. The second-order valence-corrected chi connectivity index (χ2v) is 3.97. The van der Waals surface area contributed by atoms with Crippen molar-refractivity contribution < 1.29 is 0 Å². The van der Waals surface area contributed by atoms with Crippen molar-refractivity contribution in [3.8, 4) is 0 Å². The van der Waals surface area contributed by atoms with Crippen LogP contribution in [-0.4, -0.2) is 9.97 Å². The summed E-state index contributed by atoms with van der Waals surface area (Å²) in [6.07, 6.45) is 2.75. The zero-order chi connectivity index (χ0) is 10.6. The maximum Gasteiger partial charge on any atom is 0.251 e. The summed E-state index contributed by atoms with van der Waals surface area (Å²) in [6.45, 7) is 6.34. The van der Waals surface area contributed by atoms with Gasteiger partial charge in [-0.15, -0.1) is 0 Å². The molecule has 0 atom stereocenters. The highest BCUT2D eigenvalue weighted by molar-refractivity contribution is 5.02. The van der Waals surface area contributed by atoms with Crippen LogP contribution in [0.15, 0.2) is 10.9 Å². The second kappa shape index (κ2) is 4.94. The van der Waals surface area contributed by atoms with Gasteiger partial charge in [-0.2, -0.15) is 0 Å². The second-order valence-electron chi connectivity index (χ2n) is 3.97. The number of rotatable bonds is 4. The molecule has 78 valence electrons. The van der Waals surface area contributed by atoms with Crippen molar-refractivity contribution >= 4 is 0 Å². The van der Waals surface area contributed by atoms with E-state index >= 15 is 0 Å². The van der Waals surface area contributed by atoms with Crippen molar-refractivity contribution in [3.63, 3.8) is 0 Å². The SMILES string of the molecule is CCc1cc(=O)[nH]c(CCC(C)C)n1. The number of nitrogens with zero attached hydrogens (tertiary/aromatic N) is 1. The molecule has 0 saturated heterocycles. The molecule has 0 spiro atoms. The molecular weight excluding hydrogens is 176 g/mol. The lowest BCUT2D eigenvalue weighted by atomic mass is 10.1. The van der Waals surface area contributed by atoms with E-state index in [1.54, 1.807) is 6.07 Å². The molecule has 0 radical (unpaired) electrons. The first-order valence-electron chi connectivity index (χ1n) is 5.21. The van der Waals surface area contributed by atoms with E-state index < -0.39 is 0 Å². The van der Waals surface area contributed by atoms with Crippen LogP contribution in [0.3, 0.4) is 0 Å². The topological polar surface area (TPSA) is 45.8 Å². The Hall–Kier alpha value is -1.12. The zero-order valence-corrected chi connectivity index (χ0v) is 9.13. The van der Waals surface area contributed by atoms with E-state index in [4.69, 9.17) is 0 Å². The van der Waals surface area contributed by atoms with Gasteiger partial charge in [0, 0.05) is 18.2 Å². The van der Waals surface area contributed by atoms with Gasteiger partial charge >= 0.3 is 0 Å². The number of H-pyrrole nitrogens is 1. The van der Waals surface area contributed by atoms with Crippen LogP contribution in [0.5, 0.6) is 0 Å². The standard InChI is InChI=1S/C11H18N2O/c1-4-9-7-11(14)13-10(12-9)6-5-8(2)3/h7-8H,4-6H2,1-3H3,(H,12,13,14). The maximum absolute atomic E-state index is 11.2. The Bertz CT molecular complexity index is 341. The van der Waals surface area contributed by atoms with Crippen molar-refractivity contribution in [2.75, 3.05) is 0 Å². The largest absolute Gasteiger partial charge is 0.311 e. The van der Waals surface area contributed by atoms with Crippen LogP contribution in [0.2, 0.25) is 0 Å². The molecule has 0 aromatic carbocycles. The Morgan fingerprint density at radius 3 is 2.79 bits per heavy atom. The minimum absolute atomic E-state index is 0.0318. The fourth-order valence-electron chi connectivity index (χ4n) is 1.29. The van der Waals surface area contributed by atoms with E-state index in [-0.39, 0.29) is 5.56 Å². The molecule has 1 N–H and O–H groups in total. The monoisotopic (exact) mass is 194 g/mol. The molecule has 3 nitrogen and oxygen atoms in total. The van der Waals surface area contributed by atoms with Crippen molar-refractivity contribution in [3.05, 3.63) is 27.9 Å². The van der Waals surface area contributed by atoms with Crippen LogP contribution < -0.4 is 5.56 Å². The van der Waals surface area contributed by atoms with E-state index in [1.807, 2.05) is 6.92 Å². The zero-order valence-electron chi connectivity index (χ0n) is 9.13. The normalized spacial score (nSPS) is 10.9. The summed E-state index contributed by atoms with van der Waals surface area (Å²) >= 11 is 0. The molecule has 0 fully saturated rings. The molecule has 0 aliphatic heterocycles. The highest BCUT2D eigenvalue weighted by atomic mass is 16.1. The molecule has 1 aromatic heterocycles. The van der Waals surface area contributed by atoms with E-state index in [9.17, 15) is 4.79 Å². The van der Waals surface area contributed by atoms with Gasteiger partial charge in [0.1, 0.15) is 5.82 Å². The first kappa shape index (κ1) is 11.0. The van der Waals surface area contributed by atoms with Crippen LogP contribution in [0.25, 0.3) is 0 Å². The fourth-order valence-corrected chi connectivity index (χ4v) is 1.29. The Morgan fingerprint density at radius 1 is 1.50 bits per heavy atom. The molecule has 14 heavy (non-hydrogen) atoms. The maximum atomic E-state index is 11.2. The average molecular weight is 194 g/mol. The summed E-state index contributed by atoms with van der Waals surface area (Å²) in [5.74, 6) is 1.47. The Balaban J connectivity index is 2.76. The van der Waals surface area contributed by atoms with Crippen molar-refractivity contribution in [1.82, 2.24) is 9.97 Å². The summed E-state index contributed by atoms with van der Waals surface area (Å²) in [5.41, 5.74) is 0.850. The number of hydrogen-bond donors (Lipinski definition) is 1. The Labute approximate surface area is 84.6 Å². The molecule has 0 amide bonds. The molecule has 0 aliphatic carbocycles. The third kappa shape index (κ3) is 3.32. The van der Waals surface area contributed by atoms with Gasteiger partial charge < -0.3 is 4.98 Å². The molecule has 0 bridgehead atoms. The molecule has 0 aliphatic rings. The third-order valence-corrected chi connectivity index (χ3v) is 2.16. The molecule has 0 saturated carbocycles. The van der Waals surface area contributed by atoms with Crippen LogP contribution in [-0.2, 0) is 12.8 Å². The van der Waals surface area contributed by atoms with Gasteiger partial charge in [-0.25, -0.2) is 4.98 Å². The van der Waals surface area contributed by atoms with Gasteiger partial charge in [0.15, 0.2) is 0 Å². The summed E-state index contributed by atoms with van der Waals surface area (Å²) in [4.78, 5) is 18.4. The fraction of sp³-hybridized carbons (Fsp3) is 0.636. The summed E-state index contributed by atoms with van der Waals surface area (Å²) in [7, 11) is 0. The van der Waals surface area contributed by atoms with E-state index in [1.165, 1.54) is 0 Å². The number of hydrogen-bond acceptors (Lipinski definition) is 2. The minimum Gasteiger partial charge on any atom is -0.311 e. The van der Waals surface area contributed by atoms with Crippen LogP contribution >= 0.6 is 0 Å². The summed E-state index contributed by atoms with van der Waals surface area (Å²) in [5, 5.41) is 0. The number of aryl methyl sites for hydroxylation is 2. The number of nitrogens with one attached hydrogen (secondary N) is 1. The average Bonchev–Trinajstić information content (AvgIpc) is 2.14. The predicted molar refractivity (Wildman–Crippen MR) is 57.4 cm³/mol. The molecule has 3 heteroatoms. The van der Waals surface area contributed by atoms with E-state index in [0.717, 1.165) is 30.8 Å². The van der Waals surface area contributed by atoms with Gasteiger partial charge in [-0.3, -0.25) is 4.79 Å². The third-order valence-electron chi connectivity index (χ3n) is 2.16. The van der Waals surface area contributed by atoms with Crippen LogP contribution in [0.4, 0.5) is 0 Å². The summed E-state index contributed by atoms with van der Waals surface area (Å²) < 4.78 is 0. The van der Waals surface area contributed by atoms with Gasteiger partial charge in [0.25, 0.3) is 5.56 Å². The quantitative estimate of drug-likeness (QED) is 0.796. The molecule has 1 rings (SSSR count). The van der Waals surface area contributed by atoms with Crippen LogP contribution in [0, 0.1) is 5.92 Å².